The molecule has 0 saturated heterocycles. The van der Waals surface area contributed by atoms with Crippen molar-refractivity contribution in [3.8, 4) is 22.6 Å². The average molecular weight is 434 g/mol. The first kappa shape index (κ1) is 21.9. The van der Waals surface area contributed by atoms with Crippen LogP contribution in [-0.4, -0.2) is 16.2 Å². The molecule has 0 fully saturated rings. The van der Waals surface area contributed by atoms with Crippen molar-refractivity contribution in [3.05, 3.63) is 82.4 Å². The van der Waals surface area contributed by atoms with Crippen LogP contribution in [0.15, 0.2) is 54.6 Å². The molecule has 0 atom stereocenters. The standard InChI is InChI=1S/C26H27NO5/c1-26(2,30)20-9-8-17(11-24(28)29)23(12-20)31-14-16-6-7-19-15-32-25-18(13-27)4-3-5-21(25)22(19)10-16/h3-10,12,30H,11,13-15,27H2,1-2H3,(H,28,29). The third kappa shape index (κ3) is 4.47. The van der Waals surface area contributed by atoms with E-state index in [4.69, 9.17) is 15.2 Å². The Balaban J connectivity index is 1.63. The zero-order valence-electron chi connectivity index (χ0n) is 18.2. The minimum Gasteiger partial charge on any atom is -0.489 e. The molecule has 0 unspecified atom stereocenters. The highest BCUT2D eigenvalue weighted by atomic mass is 16.5. The number of hydrogen-bond donors (Lipinski definition) is 3. The highest BCUT2D eigenvalue weighted by molar-refractivity contribution is 5.77. The molecular formula is C26H27NO5. The average Bonchev–Trinajstić information content (AvgIpc) is 2.76. The third-order valence-electron chi connectivity index (χ3n) is 5.66. The van der Waals surface area contributed by atoms with E-state index in [1.54, 1.807) is 32.0 Å². The number of rotatable bonds is 7. The van der Waals surface area contributed by atoms with E-state index in [0.717, 1.165) is 33.6 Å². The Morgan fingerprint density at radius 3 is 2.62 bits per heavy atom. The van der Waals surface area contributed by atoms with Crippen LogP contribution in [0.2, 0.25) is 0 Å². The highest BCUT2D eigenvalue weighted by Crippen LogP contribution is 2.40. The molecule has 166 valence electrons. The number of para-hydroxylation sites is 1. The summed E-state index contributed by atoms with van der Waals surface area (Å²) in [6.45, 7) is 4.52. The Morgan fingerprint density at radius 2 is 1.91 bits per heavy atom. The maximum Gasteiger partial charge on any atom is 0.307 e. The molecule has 0 spiro atoms. The van der Waals surface area contributed by atoms with Crippen LogP contribution in [0.3, 0.4) is 0 Å². The zero-order chi connectivity index (χ0) is 22.9. The van der Waals surface area contributed by atoms with Crippen molar-refractivity contribution in [2.75, 3.05) is 0 Å². The molecule has 32 heavy (non-hydrogen) atoms. The van der Waals surface area contributed by atoms with Crippen molar-refractivity contribution in [1.82, 2.24) is 0 Å². The molecule has 0 bridgehead atoms. The summed E-state index contributed by atoms with van der Waals surface area (Å²) in [6.07, 6.45) is -0.155. The van der Waals surface area contributed by atoms with Crippen LogP contribution >= 0.6 is 0 Å². The molecule has 4 rings (SSSR count). The molecule has 0 saturated carbocycles. The van der Waals surface area contributed by atoms with Crippen LogP contribution < -0.4 is 15.2 Å². The van der Waals surface area contributed by atoms with Gasteiger partial charge in [0.2, 0.25) is 0 Å². The van der Waals surface area contributed by atoms with Gasteiger partial charge in [-0.25, -0.2) is 0 Å². The summed E-state index contributed by atoms with van der Waals surface area (Å²) in [5.41, 5.74) is 11.1. The van der Waals surface area contributed by atoms with E-state index in [0.29, 0.717) is 30.0 Å². The highest BCUT2D eigenvalue weighted by Gasteiger charge is 2.21. The summed E-state index contributed by atoms with van der Waals surface area (Å²) in [6, 6.07) is 17.2. The summed E-state index contributed by atoms with van der Waals surface area (Å²) in [7, 11) is 0. The summed E-state index contributed by atoms with van der Waals surface area (Å²) in [4.78, 5) is 11.3. The van der Waals surface area contributed by atoms with Crippen molar-refractivity contribution in [2.45, 2.75) is 45.6 Å². The van der Waals surface area contributed by atoms with Gasteiger partial charge in [-0.1, -0.05) is 42.5 Å². The molecule has 0 amide bonds. The van der Waals surface area contributed by atoms with Gasteiger partial charge in [0.05, 0.1) is 12.0 Å². The number of hydrogen-bond acceptors (Lipinski definition) is 5. The Hall–Kier alpha value is -3.35. The summed E-state index contributed by atoms with van der Waals surface area (Å²) >= 11 is 0. The zero-order valence-corrected chi connectivity index (χ0v) is 18.2. The van der Waals surface area contributed by atoms with Crippen LogP contribution in [0.25, 0.3) is 11.1 Å². The molecule has 1 aliphatic rings. The second-order valence-corrected chi connectivity index (χ2v) is 8.52. The van der Waals surface area contributed by atoms with E-state index in [1.165, 1.54) is 0 Å². The fraction of sp³-hybridized carbons (Fsp3) is 0.269. The molecule has 0 radical (unpaired) electrons. The van der Waals surface area contributed by atoms with Gasteiger partial charge in [0.15, 0.2) is 0 Å². The molecule has 0 aliphatic carbocycles. The lowest BCUT2D eigenvalue weighted by Crippen LogP contribution is -2.16. The minimum atomic E-state index is -1.06. The van der Waals surface area contributed by atoms with E-state index >= 15 is 0 Å². The van der Waals surface area contributed by atoms with E-state index in [2.05, 4.69) is 6.07 Å². The lowest BCUT2D eigenvalue weighted by molar-refractivity contribution is -0.136. The monoisotopic (exact) mass is 433 g/mol. The molecule has 3 aromatic carbocycles. The number of aliphatic hydroxyl groups is 1. The second-order valence-electron chi connectivity index (χ2n) is 8.52. The van der Waals surface area contributed by atoms with Gasteiger partial charge in [-0.2, -0.15) is 0 Å². The molecular weight excluding hydrogens is 406 g/mol. The number of ether oxygens (including phenoxy) is 2. The van der Waals surface area contributed by atoms with E-state index in [-0.39, 0.29) is 13.0 Å². The van der Waals surface area contributed by atoms with Gasteiger partial charge < -0.3 is 25.4 Å². The minimum absolute atomic E-state index is 0.155. The summed E-state index contributed by atoms with van der Waals surface area (Å²) in [5, 5.41) is 19.6. The lowest BCUT2D eigenvalue weighted by Gasteiger charge is -2.24. The molecule has 3 aromatic rings. The maximum atomic E-state index is 11.3. The smallest absolute Gasteiger partial charge is 0.307 e. The molecule has 0 aromatic heterocycles. The molecule has 1 heterocycles. The number of benzene rings is 3. The largest absolute Gasteiger partial charge is 0.489 e. The quantitative estimate of drug-likeness (QED) is 0.518. The first-order valence-corrected chi connectivity index (χ1v) is 10.5. The van der Waals surface area contributed by atoms with Crippen LogP contribution in [-0.2, 0) is 36.6 Å². The molecule has 4 N–H and O–H groups in total. The Morgan fingerprint density at radius 1 is 1.09 bits per heavy atom. The number of carbonyl (C=O) groups is 1. The van der Waals surface area contributed by atoms with Gasteiger partial charge >= 0.3 is 5.97 Å². The number of nitrogens with two attached hydrogens (primary N) is 1. The molecule has 1 aliphatic heterocycles. The van der Waals surface area contributed by atoms with Crippen molar-refractivity contribution in [2.24, 2.45) is 5.73 Å². The fourth-order valence-corrected chi connectivity index (χ4v) is 3.91. The normalized spacial score (nSPS) is 12.5. The predicted octanol–water partition coefficient (Wildman–Crippen LogP) is 4.14. The Bertz CT molecular complexity index is 1160. The van der Waals surface area contributed by atoms with E-state index in [9.17, 15) is 15.0 Å². The number of fused-ring (bicyclic) bond motifs is 3. The van der Waals surface area contributed by atoms with Gasteiger partial charge in [-0.05, 0) is 48.2 Å². The second kappa shape index (κ2) is 8.65. The number of carboxylic acid groups (broad SMARTS) is 1. The molecule has 6 nitrogen and oxygen atoms in total. The lowest BCUT2D eigenvalue weighted by atomic mass is 9.93. The first-order chi connectivity index (χ1) is 15.3. The van der Waals surface area contributed by atoms with Crippen molar-refractivity contribution in [3.63, 3.8) is 0 Å². The Labute approximate surface area is 187 Å². The number of carboxylic acids is 1. The summed E-state index contributed by atoms with van der Waals surface area (Å²) < 4.78 is 12.0. The maximum absolute atomic E-state index is 11.3. The van der Waals surface area contributed by atoms with Gasteiger partial charge in [-0.15, -0.1) is 0 Å². The van der Waals surface area contributed by atoms with E-state index in [1.807, 2.05) is 30.3 Å². The fourth-order valence-electron chi connectivity index (χ4n) is 3.91. The van der Waals surface area contributed by atoms with Crippen LogP contribution in [0.1, 0.15) is 41.7 Å². The van der Waals surface area contributed by atoms with Gasteiger partial charge in [0, 0.05) is 23.2 Å². The third-order valence-corrected chi connectivity index (χ3v) is 5.66. The predicted molar refractivity (Wildman–Crippen MR) is 121 cm³/mol. The summed E-state index contributed by atoms with van der Waals surface area (Å²) in [5.74, 6) is 0.341. The topological polar surface area (TPSA) is 102 Å². The van der Waals surface area contributed by atoms with Crippen molar-refractivity contribution >= 4 is 5.97 Å². The van der Waals surface area contributed by atoms with Crippen LogP contribution in [0.4, 0.5) is 0 Å². The van der Waals surface area contributed by atoms with Crippen LogP contribution in [0, 0.1) is 0 Å². The SMILES string of the molecule is CC(C)(O)c1ccc(CC(=O)O)c(OCc2ccc3c(c2)-c2cccc(CN)c2OC3)c1. The Kier molecular flexibility index (Phi) is 5.91. The van der Waals surface area contributed by atoms with Crippen molar-refractivity contribution < 1.29 is 24.5 Å². The van der Waals surface area contributed by atoms with Crippen molar-refractivity contribution in [1.29, 1.82) is 0 Å². The number of aliphatic carboxylic acids is 1. The van der Waals surface area contributed by atoms with Gasteiger partial charge in [0.25, 0.3) is 0 Å². The van der Waals surface area contributed by atoms with E-state index < -0.39 is 11.6 Å². The van der Waals surface area contributed by atoms with Crippen LogP contribution in [0.5, 0.6) is 11.5 Å². The van der Waals surface area contributed by atoms with Gasteiger partial charge in [-0.3, -0.25) is 4.79 Å². The first-order valence-electron chi connectivity index (χ1n) is 10.5. The van der Waals surface area contributed by atoms with Gasteiger partial charge in [0.1, 0.15) is 24.7 Å². The molecule has 6 heteroatoms.